The third kappa shape index (κ3) is 5.90. The summed E-state index contributed by atoms with van der Waals surface area (Å²) in [7, 11) is 0. The van der Waals surface area contributed by atoms with Gasteiger partial charge in [0, 0.05) is 18.2 Å². The molecule has 1 aromatic rings. The average Bonchev–Trinajstić information content (AvgIpc) is 2.54. The number of nitrogens with zero attached hydrogens (tertiary/aromatic N) is 1. The first-order chi connectivity index (χ1) is 11.8. The summed E-state index contributed by atoms with van der Waals surface area (Å²) in [5.74, 6) is -5.36. The number of esters is 2. The van der Waals surface area contributed by atoms with E-state index in [1.165, 1.54) is 13.0 Å². The SMILES string of the molecule is CCOC(=O)C(C=Nc1ccc(F)c(F)c1CC(C)O)C(=O)OCC. The van der Waals surface area contributed by atoms with Crippen molar-refractivity contribution in [1.82, 2.24) is 0 Å². The van der Waals surface area contributed by atoms with E-state index in [-0.39, 0.29) is 30.9 Å². The first-order valence-corrected chi connectivity index (χ1v) is 7.84. The lowest BCUT2D eigenvalue weighted by Crippen LogP contribution is -2.29. The lowest BCUT2D eigenvalue weighted by atomic mass is 10.1. The number of benzene rings is 1. The van der Waals surface area contributed by atoms with Gasteiger partial charge in [-0.3, -0.25) is 14.6 Å². The molecule has 1 aromatic carbocycles. The van der Waals surface area contributed by atoms with Crippen molar-refractivity contribution in [1.29, 1.82) is 0 Å². The van der Waals surface area contributed by atoms with Crippen LogP contribution in [0.1, 0.15) is 26.3 Å². The molecule has 0 aromatic heterocycles. The van der Waals surface area contributed by atoms with Crippen LogP contribution in [-0.4, -0.2) is 42.6 Å². The molecule has 0 saturated heterocycles. The number of aliphatic hydroxyl groups is 1. The van der Waals surface area contributed by atoms with Crippen molar-refractivity contribution >= 4 is 23.8 Å². The molecule has 0 fully saturated rings. The molecule has 138 valence electrons. The fraction of sp³-hybridized carbons (Fsp3) is 0.471. The van der Waals surface area contributed by atoms with Gasteiger partial charge < -0.3 is 14.6 Å². The summed E-state index contributed by atoms with van der Waals surface area (Å²) in [5, 5.41) is 9.45. The Bertz CT molecular complexity index is 628. The van der Waals surface area contributed by atoms with Crippen LogP contribution in [0.15, 0.2) is 17.1 Å². The molecular weight excluding hydrogens is 336 g/mol. The lowest BCUT2D eigenvalue weighted by Gasteiger charge is -2.12. The van der Waals surface area contributed by atoms with E-state index < -0.39 is 35.6 Å². The highest BCUT2D eigenvalue weighted by Crippen LogP contribution is 2.26. The zero-order valence-corrected chi connectivity index (χ0v) is 14.3. The minimum atomic E-state index is -1.42. The fourth-order valence-corrected chi connectivity index (χ4v) is 2.03. The lowest BCUT2D eigenvalue weighted by molar-refractivity contribution is -0.157. The quantitative estimate of drug-likeness (QED) is 0.438. The number of rotatable bonds is 8. The maximum Gasteiger partial charge on any atom is 0.325 e. The van der Waals surface area contributed by atoms with Gasteiger partial charge in [-0.15, -0.1) is 0 Å². The molecule has 1 N–H and O–H groups in total. The van der Waals surface area contributed by atoms with E-state index in [0.717, 1.165) is 12.3 Å². The Kier molecular flexibility index (Phi) is 8.13. The van der Waals surface area contributed by atoms with E-state index in [0.29, 0.717) is 0 Å². The van der Waals surface area contributed by atoms with E-state index in [2.05, 4.69) is 4.99 Å². The maximum atomic E-state index is 14.0. The van der Waals surface area contributed by atoms with Crippen molar-refractivity contribution in [2.24, 2.45) is 10.9 Å². The molecule has 0 spiro atoms. The number of hydrogen-bond acceptors (Lipinski definition) is 6. The van der Waals surface area contributed by atoms with Gasteiger partial charge in [-0.2, -0.15) is 0 Å². The first-order valence-electron chi connectivity index (χ1n) is 7.84. The number of halogens is 2. The molecule has 0 heterocycles. The third-order valence-corrected chi connectivity index (χ3v) is 3.11. The van der Waals surface area contributed by atoms with E-state index in [9.17, 15) is 23.5 Å². The molecule has 1 atom stereocenters. The number of aliphatic hydroxyl groups excluding tert-OH is 1. The highest BCUT2D eigenvalue weighted by molar-refractivity contribution is 6.09. The number of ether oxygens (including phenoxy) is 2. The molecule has 0 aliphatic carbocycles. The molecule has 0 aliphatic rings. The number of carbonyl (C=O) groups is 2. The zero-order valence-electron chi connectivity index (χ0n) is 14.3. The summed E-state index contributed by atoms with van der Waals surface area (Å²) in [6.45, 7) is 4.68. The highest BCUT2D eigenvalue weighted by Gasteiger charge is 2.28. The first kappa shape index (κ1) is 20.7. The van der Waals surface area contributed by atoms with Gasteiger partial charge in [-0.25, -0.2) is 8.78 Å². The molecule has 1 unspecified atom stereocenters. The van der Waals surface area contributed by atoms with Crippen molar-refractivity contribution < 1.29 is 33.0 Å². The normalized spacial score (nSPS) is 12.4. The van der Waals surface area contributed by atoms with Gasteiger partial charge in [0.1, 0.15) is 0 Å². The zero-order chi connectivity index (χ0) is 19.0. The van der Waals surface area contributed by atoms with E-state index in [1.807, 2.05) is 0 Å². The molecule has 0 radical (unpaired) electrons. The standard InChI is InChI=1S/C17H21F2NO5/c1-4-24-16(22)12(17(23)25-5-2)9-20-14-7-6-13(18)15(19)11(14)8-10(3)21/h6-7,9-10,12,21H,4-5,8H2,1-3H3. The predicted octanol–water partition coefficient (Wildman–Crippen LogP) is 2.33. The van der Waals surface area contributed by atoms with Crippen molar-refractivity contribution in [2.45, 2.75) is 33.3 Å². The van der Waals surface area contributed by atoms with E-state index in [1.54, 1.807) is 13.8 Å². The Balaban J connectivity index is 3.20. The van der Waals surface area contributed by atoms with Crippen molar-refractivity contribution in [3.63, 3.8) is 0 Å². The monoisotopic (exact) mass is 357 g/mol. The van der Waals surface area contributed by atoms with Gasteiger partial charge in [0.15, 0.2) is 17.6 Å². The van der Waals surface area contributed by atoms with E-state index >= 15 is 0 Å². The van der Waals surface area contributed by atoms with Gasteiger partial charge in [-0.1, -0.05) is 0 Å². The summed E-state index contributed by atoms with van der Waals surface area (Å²) in [4.78, 5) is 27.7. The number of aliphatic imine (C=N–C) groups is 1. The van der Waals surface area contributed by atoms with Gasteiger partial charge >= 0.3 is 11.9 Å². The second kappa shape index (κ2) is 9.83. The summed E-state index contributed by atoms with van der Waals surface area (Å²) >= 11 is 0. The molecular formula is C17H21F2NO5. The Morgan fingerprint density at radius 3 is 2.24 bits per heavy atom. The largest absolute Gasteiger partial charge is 0.465 e. The van der Waals surface area contributed by atoms with Crippen LogP contribution in [0.25, 0.3) is 0 Å². The van der Waals surface area contributed by atoms with Crippen LogP contribution in [0, 0.1) is 17.6 Å². The molecule has 0 bridgehead atoms. The summed E-state index contributed by atoms with van der Waals surface area (Å²) in [5.41, 5.74) is -0.156. The topological polar surface area (TPSA) is 85.2 Å². The van der Waals surface area contributed by atoms with Crippen LogP contribution in [-0.2, 0) is 25.5 Å². The molecule has 1 rings (SSSR count). The van der Waals surface area contributed by atoms with Crippen LogP contribution in [0.5, 0.6) is 0 Å². The van der Waals surface area contributed by atoms with Crippen molar-refractivity contribution in [3.05, 3.63) is 29.3 Å². The maximum absolute atomic E-state index is 14.0. The van der Waals surface area contributed by atoms with Crippen LogP contribution in [0.4, 0.5) is 14.5 Å². The smallest absolute Gasteiger partial charge is 0.325 e. The van der Waals surface area contributed by atoms with Crippen LogP contribution in [0.3, 0.4) is 0 Å². The Morgan fingerprint density at radius 1 is 1.20 bits per heavy atom. The predicted molar refractivity (Wildman–Crippen MR) is 86.7 cm³/mol. The van der Waals surface area contributed by atoms with Gasteiger partial charge in [0.05, 0.1) is 25.0 Å². The molecule has 0 amide bonds. The van der Waals surface area contributed by atoms with E-state index in [4.69, 9.17) is 9.47 Å². The summed E-state index contributed by atoms with van der Waals surface area (Å²) in [6, 6.07) is 2.07. The molecule has 25 heavy (non-hydrogen) atoms. The van der Waals surface area contributed by atoms with Crippen molar-refractivity contribution in [2.75, 3.05) is 13.2 Å². The highest BCUT2D eigenvalue weighted by atomic mass is 19.2. The molecule has 6 nitrogen and oxygen atoms in total. The average molecular weight is 357 g/mol. The van der Waals surface area contributed by atoms with Crippen molar-refractivity contribution in [3.8, 4) is 0 Å². The summed E-state index contributed by atoms with van der Waals surface area (Å²) < 4.78 is 37.0. The van der Waals surface area contributed by atoms with Crippen LogP contribution < -0.4 is 0 Å². The Hall–Kier alpha value is -2.35. The Morgan fingerprint density at radius 2 is 1.76 bits per heavy atom. The number of hydrogen-bond donors (Lipinski definition) is 1. The minimum Gasteiger partial charge on any atom is -0.465 e. The van der Waals surface area contributed by atoms with Crippen LogP contribution in [0.2, 0.25) is 0 Å². The second-order valence-corrected chi connectivity index (χ2v) is 5.17. The third-order valence-electron chi connectivity index (χ3n) is 3.11. The molecule has 8 heteroatoms. The van der Waals surface area contributed by atoms with Gasteiger partial charge in [0.25, 0.3) is 0 Å². The van der Waals surface area contributed by atoms with Crippen LogP contribution >= 0.6 is 0 Å². The van der Waals surface area contributed by atoms with Gasteiger partial charge in [-0.05, 0) is 32.9 Å². The Labute approximate surface area is 144 Å². The summed E-state index contributed by atoms with van der Waals surface area (Å²) in [6.07, 6.45) is -0.148. The number of carbonyl (C=O) groups excluding carboxylic acids is 2. The molecule has 0 aliphatic heterocycles. The minimum absolute atomic E-state index is 0.00148. The molecule has 0 saturated carbocycles. The van der Waals surface area contributed by atoms with Gasteiger partial charge in [0.2, 0.25) is 0 Å². The second-order valence-electron chi connectivity index (χ2n) is 5.17. The fourth-order valence-electron chi connectivity index (χ4n) is 2.03.